The summed E-state index contributed by atoms with van der Waals surface area (Å²) in [6, 6.07) is 0. The minimum Gasteiger partial charge on any atom is -0.394 e. The standard InChI is InChI=1S/C20H40O2Si/c1-6-10-21-23(22-11-7-2,19-9-8-16(3)13-19)20-14-17(4)12-18(5)15-20/h16-20H,6-15H2,1-5H3. The van der Waals surface area contributed by atoms with E-state index in [1.165, 1.54) is 38.5 Å². The molecule has 0 N–H and O–H groups in total. The smallest absolute Gasteiger partial charge is 0.344 e. The first-order chi connectivity index (χ1) is 11.0. The molecule has 0 aliphatic heterocycles. The van der Waals surface area contributed by atoms with E-state index < -0.39 is 8.56 Å². The molecule has 0 aromatic rings. The molecule has 0 heterocycles. The second kappa shape index (κ2) is 9.01. The second-order valence-electron chi connectivity index (χ2n) is 8.65. The highest BCUT2D eigenvalue weighted by molar-refractivity contribution is 6.70. The maximum absolute atomic E-state index is 6.77. The van der Waals surface area contributed by atoms with Crippen LogP contribution >= 0.6 is 0 Å². The molecule has 0 saturated heterocycles. The Morgan fingerprint density at radius 1 is 0.696 bits per heavy atom. The van der Waals surface area contributed by atoms with Crippen LogP contribution in [0.25, 0.3) is 0 Å². The SMILES string of the molecule is CCCO[Si](OCCC)(C1CCC(C)C1)C1CC(C)CC(C)C1. The lowest BCUT2D eigenvalue weighted by molar-refractivity contribution is 0.129. The van der Waals surface area contributed by atoms with Crippen molar-refractivity contribution in [3.8, 4) is 0 Å². The van der Waals surface area contributed by atoms with Gasteiger partial charge in [0.1, 0.15) is 0 Å². The van der Waals surface area contributed by atoms with Crippen LogP contribution in [-0.2, 0) is 8.85 Å². The Morgan fingerprint density at radius 2 is 1.22 bits per heavy atom. The van der Waals surface area contributed by atoms with Crippen molar-refractivity contribution in [3.05, 3.63) is 0 Å². The van der Waals surface area contributed by atoms with Crippen molar-refractivity contribution >= 4 is 8.56 Å². The number of rotatable bonds is 8. The van der Waals surface area contributed by atoms with Crippen molar-refractivity contribution in [3.63, 3.8) is 0 Å². The van der Waals surface area contributed by atoms with Gasteiger partial charge in [-0.25, -0.2) is 0 Å². The third-order valence-electron chi connectivity index (χ3n) is 6.07. The Morgan fingerprint density at radius 3 is 1.65 bits per heavy atom. The van der Waals surface area contributed by atoms with Crippen LogP contribution in [0.5, 0.6) is 0 Å². The predicted octanol–water partition coefficient (Wildman–Crippen LogP) is 6.30. The monoisotopic (exact) mass is 340 g/mol. The van der Waals surface area contributed by atoms with Gasteiger partial charge in [-0.05, 0) is 62.7 Å². The van der Waals surface area contributed by atoms with Gasteiger partial charge in [0.15, 0.2) is 0 Å². The zero-order valence-corrected chi connectivity index (χ0v) is 17.3. The molecule has 2 fully saturated rings. The summed E-state index contributed by atoms with van der Waals surface area (Å²) < 4.78 is 13.5. The summed E-state index contributed by atoms with van der Waals surface area (Å²) in [7, 11) is -2.13. The first kappa shape index (κ1) is 19.5. The van der Waals surface area contributed by atoms with Gasteiger partial charge in [0.2, 0.25) is 0 Å². The summed E-state index contributed by atoms with van der Waals surface area (Å²) in [5.74, 6) is 2.54. The van der Waals surface area contributed by atoms with Gasteiger partial charge in [0.05, 0.1) is 0 Å². The van der Waals surface area contributed by atoms with Crippen molar-refractivity contribution < 1.29 is 8.85 Å². The normalized spacial score (nSPS) is 35.6. The minimum atomic E-state index is -2.13. The van der Waals surface area contributed by atoms with Crippen molar-refractivity contribution in [2.75, 3.05) is 13.2 Å². The first-order valence-electron chi connectivity index (χ1n) is 10.3. The molecule has 2 saturated carbocycles. The Hall–Kier alpha value is 0.137. The van der Waals surface area contributed by atoms with E-state index >= 15 is 0 Å². The zero-order chi connectivity index (χ0) is 16.9. The molecule has 0 amide bonds. The highest BCUT2D eigenvalue weighted by atomic mass is 28.4. The van der Waals surface area contributed by atoms with Gasteiger partial charge in [-0.15, -0.1) is 0 Å². The second-order valence-corrected chi connectivity index (χ2v) is 12.3. The van der Waals surface area contributed by atoms with E-state index in [-0.39, 0.29) is 0 Å². The average Bonchev–Trinajstić information content (AvgIpc) is 2.94. The molecular formula is C20H40O2Si. The van der Waals surface area contributed by atoms with Crippen LogP contribution < -0.4 is 0 Å². The van der Waals surface area contributed by atoms with E-state index in [2.05, 4.69) is 34.6 Å². The average molecular weight is 341 g/mol. The molecule has 4 unspecified atom stereocenters. The van der Waals surface area contributed by atoms with Crippen molar-refractivity contribution in [2.45, 2.75) is 97.1 Å². The number of hydrogen-bond acceptors (Lipinski definition) is 2. The van der Waals surface area contributed by atoms with Crippen molar-refractivity contribution in [1.29, 1.82) is 0 Å². The molecule has 0 aromatic heterocycles. The zero-order valence-electron chi connectivity index (χ0n) is 16.3. The molecule has 0 bridgehead atoms. The molecule has 4 atom stereocenters. The Kier molecular flexibility index (Phi) is 7.62. The van der Waals surface area contributed by atoms with Crippen LogP contribution in [0.2, 0.25) is 11.1 Å². The van der Waals surface area contributed by atoms with Crippen LogP contribution in [0.3, 0.4) is 0 Å². The molecule has 2 nitrogen and oxygen atoms in total. The van der Waals surface area contributed by atoms with Crippen LogP contribution in [-0.4, -0.2) is 21.8 Å². The molecule has 2 rings (SSSR count). The highest BCUT2D eigenvalue weighted by Gasteiger charge is 2.55. The largest absolute Gasteiger partial charge is 0.394 e. The molecule has 0 aromatic carbocycles. The lowest BCUT2D eigenvalue weighted by atomic mass is 9.83. The molecule has 3 heteroatoms. The van der Waals surface area contributed by atoms with Gasteiger partial charge in [-0.1, -0.05) is 41.0 Å². The van der Waals surface area contributed by atoms with E-state index in [4.69, 9.17) is 8.85 Å². The first-order valence-corrected chi connectivity index (χ1v) is 12.3. The van der Waals surface area contributed by atoms with Gasteiger partial charge in [0.25, 0.3) is 0 Å². The molecule has 2 aliphatic rings. The third-order valence-corrected chi connectivity index (χ3v) is 10.7. The summed E-state index contributed by atoms with van der Waals surface area (Å²) in [4.78, 5) is 0. The maximum Gasteiger partial charge on any atom is 0.344 e. The summed E-state index contributed by atoms with van der Waals surface area (Å²) in [5.41, 5.74) is 1.45. The summed E-state index contributed by atoms with van der Waals surface area (Å²) in [6.07, 6.45) is 10.4. The quantitative estimate of drug-likeness (QED) is 0.483. The van der Waals surface area contributed by atoms with E-state index in [1.807, 2.05) is 0 Å². The van der Waals surface area contributed by atoms with Gasteiger partial charge in [-0.2, -0.15) is 0 Å². The maximum atomic E-state index is 6.77. The predicted molar refractivity (Wildman–Crippen MR) is 101 cm³/mol. The van der Waals surface area contributed by atoms with Gasteiger partial charge < -0.3 is 8.85 Å². The summed E-state index contributed by atoms with van der Waals surface area (Å²) >= 11 is 0. The fourth-order valence-electron chi connectivity index (χ4n) is 5.22. The van der Waals surface area contributed by atoms with Crippen LogP contribution in [0.4, 0.5) is 0 Å². The molecule has 23 heavy (non-hydrogen) atoms. The minimum absolute atomic E-state index is 0.717. The van der Waals surface area contributed by atoms with Crippen LogP contribution in [0.15, 0.2) is 0 Å². The van der Waals surface area contributed by atoms with Gasteiger partial charge in [0, 0.05) is 24.3 Å². The lowest BCUT2D eigenvalue weighted by Crippen LogP contribution is -2.52. The molecular weight excluding hydrogens is 300 g/mol. The molecule has 2 aliphatic carbocycles. The Balaban J connectivity index is 2.25. The van der Waals surface area contributed by atoms with Crippen molar-refractivity contribution in [1.82, 2.24) is 0 Å². The summed E-state index contributed by atoms with van der Waals surface area (Å²) in [6.45, 7) is 13.6. The van der Waals surface area contributed by atoms with Crippen molar-refractivity contribution in [2.24, 2.45) is 17.8 Å². The molecule has 136 valence electrons. The fraction of sp³-hybridized carbons (Fsp3) is 1.00. The third kappa shape index (κ3) is 4.82. The van der Waals surface area contributed by atoms with E-state index in [0.29, 0.717) is 0 Å². The molecule has 0 spiro atoms. The van der Waals surface area contributed by atoms with E-state index in [9.17, 15) is 0 Å². The topological polar surface area (TPSA) is 18.5 Å². The van der Waals surface area contributed by atoms with E-state index in [0.717, 1.165) is 54.9 Å². The molecule has 0 radical (unpaired) electrons. The van der Waals surface area contributed by atoms with E-state index in [1.54, 1.807) is 0 Å². The fourth-order valence-corrected chi connectivity index (χ4v) is 10.7. The Bertz CT molecular complexity index is 329. The number of hydrogen-bond donors (Lipinski definition) is 0. The van der Waals surface area contributed by atoms with Crippen LogP contribution in [0.1, 0.15) is 86.0 Å². The van der Waals surface area contributed by atoms with Gasteiger partial charge in [-0.3, -0.25) is 0 Å². The highest BCUT2D eigenvalue weighted by Crippen LogP contribution is 2.53. The Labute approximate surface area is 146 Å². The van der Waals surface area contributed by atoms with Gasteiger partial charge >= 0.3 is 8.56 Å². The lowest BCUT2D eigenvalue weighted by Gasteiger charge is -2.45. The van der Waals surface area contributed by atoms with Crippen LogP contribution in [0, 0.1) is 17.8 Å². The summed E-state index contributed by atoms with van der Waals surface area (Å²) in [5, 5.41) is 0.